The summed E-state index contributed by atoms with van der Waals surface area (Å²) in [6.07, 6.45) is 3.44. The molecular formula is C15H17BrN2OS. The zero-order chi connectivity index (χ0) is 14.8. The summed E-state index contributed by atoms with van der Waals surface area (Å²) in [5.74, 6) is 0.0458. The van der Waals surface area contributed by atoms with Crippen LogP contribution in [0.25, 0.3) is 0 Å². The van der Waals surface area contributed by atoms with E-state index in [1.165, 1.54) is 0 Å². The molecule has 0 saturated carbocycles. The first kappa shape index (κ1) is 15.4. The molecule has 1 saturated heterocycles. The van der Waals surface area contributed by atoms with E-state index >= 15 is 0 Å². The van der Waals surface area contributed by atoms with Gasteiger partial charge in [0, 0.05) is 17.6 Å². The molecule has 1 aromatic carbocycles. The quantitative estimate of drug-likeness (QED) is 0.816. The number of carbonyl (C=O) groups excluding carboxylic acids is 1. The summed E-state index contributed by atoms with van der Waals surface area (Å²) in [5, 5.41) is 9.28. The van der Waals surface area contributed by atoms with Crippen molar-refractivity contribution in [1.29, 1.82) is 5.26 Å². The van der Waals surface area contributed by atoms with E-state index in [1.54, 1.807) is 11.8 Å². The van der Waals surface area contributed by atoms with Crippen molar-refractivity contribution >= 4 is 33.6 Å². The molecule has 0 atom stereocenters. The van der Waals surface area contributed by atoms with Crippen molar-refractivity contribution in [1.82, 2.24) is 4.90 Å². The Bertz CT molecular complexity index is 559. The van der Waals surface area contributed by atoms with Crippen LogP contribution in [0, 0.1) is 18.3 Å². The lowest BCUT2D eigenvalue weighted by atomic mass is 9.96. The Labute approximate surface area is 132 Å². The Hall–Kier alpha value is -0.990. The fourth-order valence-electron chi connectivity index (χ4n) is 2.40. The van der Waals surface area contributed by atoms with E-state index in [2.05, 4.69) is 22.0 Å². The van der Waals surface area contributed by atoms with Crippen LogP contribution in [0.15, 0.2) is 22.7 Å². The molecule has 0 bridgehead atoms. The van der Waals surface area contributed by atoms with E-state index in [0.717, 1.165) is 22.9 Å². The van der Waals surface area contributed by atoms with Crippen molar-refractivity contribution in [3.8, 4) is 6.07 Å². The smallest absolute Gasteiger partial charge is 0.255 e. The van der Waals surface area contributed by atoms with Gasteiger partial charge in [-0.2, -0.15) is 5.26 Å². The summed E-state index contributed by atoms with van der Waals surface area (Å²) >= 11 is 5.06. The Morgan fingerprint density at radius 1 is 1.45 bits per heavy atom. The molecule has 0 aliphatic carbocycles. The standard InChI is InChI=1S/C15H17BrN2OS/c1-11-3-4-12(13(16)9-11)14(19)18-7-5-15(10-17,20-2)6-8-18/h3-4,9H,5-8H2,1-2H3. The SMILES string of the molecule is CSC1(C#N)CCN(C(=O)c2ccc(C)cc2Br)CC1. The fraction of sp³-hybridized carbons (Fsp3) is 0.467. The van der Waals surface area contributed by atoms with Crippen molar-refractivity contribution in [3.05, 3.63) is 33.8 Å². The number of thioether (sulfide) groups is 1. The third kappa shape index (κ3) is 3.02. The predicted octanol–water partition coefficient (Wildman–Crippen LogP) is 3.62. The monoisotopic (exact) mass is 352 g/mol. The molecule has 1 heterocycles. The number of halogens is 1. The Kier molecular flexibility index (Phi) is 4.77. The molecule has 20 heavy (non-hydrogen) atoms. The van der Waals surface area contributed by atoms with Gasteiger partial charge in [-0.05, 0) is 59.6 Å². The van der Waals surface area contributed by atoms with Crippen molar-refractivity contribution in [2.75, 3.05) is 19.3 Å². The highest BCUT2D eigenvalue weighted by Crippen LogP contribution is 2.34. The average molecular weight is 353 g/mol. The summed E-state index contributed by atoms with van der Waals surface area (Å²) in [6, 6.07) is 8.17. The summed E-state index contributed by atoms with van der Waals surface area (Å²) in [6.45, 7) is 3.29. The molecule has 0 spiro atoms. The zero-order valence-electron chi connectivity index (χ0n) is 11.6. The number of piperidine rings is 1. The number of benzene rings is 1. The highest BCUT2D eigenvalue weighted by molar-refractivity contribution is 9.10. The van der Waals surface area contributed by atoms with E-state index in [0.29, 0.717) is 18.7 Å². The zero-order valence-corrected chi connectivity index (χ0v) is 14.1. The molecule has 2 rings (SSSR count). The normalized spacial score (nSPS) is 17.6. The number of rotatable bonds is 2. The minimum Gasteiger partial charge on any atom is -0.338 e. The van der Waals surface area contributed by atoms with Crippen LogP contribution < -0.4 is 0 Å². The summed E-state index contributed by atoms with van der Waals surface area (Å²) in [4.78, 5) is 14.4. The Balaban J connectivity index is 2.11. The van der Waals surface area contributed by atoms with Crippen LogP contribution in [-0.4, -0.2) is 34.9 Å². The lowest BCUT2D eigenvalue weighted by molar-refractivity contribution is 0.0715. The lowest BCUT2D eigenvalue weighted by Gasteiger charge is -2.36. The second kappa shape index (κ2) is 6.19. The van der Waals surface area contributed by atoms with E-state index < -0.39 is 0 Å². The fourth-order valence-corrected chi connectivity index (χ4v) is 3.74. The highest BCUT2D eigenvalue weighted by atomic mass is 79.9. The average Bonchev–Trinajstić information content (AvgIpc) is 2.47. The van der Waals surface area contributed by atoms with Crippen molar-refractivity contribution in [3.63, 3.8) is 0 Å². The molecule has 3 nitrogen and oxygen atoms in total. The van der Waals surface area contributed by atoms with E-state index in [-0.39, 0.29) is 10.7 Å². The molecule has 0 radical (unpaired) electrons. The number of likely N-dealkylation sites (tertiary alicyclic amines) is 1. The maximum absolute atomic E-state index is 12.5. The molecule has 1 amide bonds. The van der Waals surface area contributed by atoms with Gasteiger partial charge >= 0.3 is 0 Å². The minimum atomic E-state index is -0.318. The van der Waals surface area contributed by atoms with Gasteiger partial charge in [0.2, 0.25) is 0 Å². The van der Waals surface area contributed by atoms with Crippen LogP contribution in [0.2, 0.25) is 0 Å². The topological polar surface area (TPSA) is 44.1 Å². The summed E-state index contributed by atoms with van der Waals surface area (Å²) < 4.78 is 0.519. The van der Waals surface area contributed by atoms with Crippen molar-refractivity contribution in [2.45, 2.75) is 24.5 Å². The van der Waals surface area contributed by atoms with Crippen molar-refractivity contribution < 1.29 is 4.79 Å². The van der Waals surface area contributed by atoms with Gasteiger partial charge in [-0.1, -0.05) is 6.07 Å². The third-order valence-corrected chi connectivity index (χ3v) is 5.74. The van der Waals surface area contributed by atoms with E-state index in [9.17, 15) is 10.1 Å². The number of amides is 1. The second-order valence-electron chi connectivity index (χ2n) is 5.09. The van der Waals surface area contributed by atoms with Gasteiger partial charge in [-0.25, -0.2) is 0 Å². The van der Waals surface area contributed by atoms with Gasteiger partial charge in [0.05, 0.1) is 11.6 Å². The molecule has 1 aromatic rings. The minimum absolute atomic E-state index is 0.0458. The molecular weight excluding hydrogens is 336 g/mol. The first-order valence-corrected chi connectivity index (χ1v) is 8.55. The van der Waals surface area contributed by atoms with Gasteiger partial charge in [0.15, 0.2) is 0 Å². The van der Waals surface area contributed by atoms with E-state index in [1.807, 2.05) is 36.3 Å². The summed E-state index contributed by atoms with van der Waals surface area (Å²) in [7, 11) is 0. The Morgan fingerprint density at radius 2 is 2.10 bits per heavy atom. The molecule has 1 fully saturated rings. The van der Waals surface area contributed by atoms with Crippen LogP contribution in [0.1, 0.15) is 28.8 Å². The van der Waals surface area contributed by atoms with Gasteiger partial charge in [0.25, 0.3) is 5.91 Å². The number of hydrogen-bond acceptors (Lipinski definition) is 3. The first-order valence-electron chi connectivity index (χ1n) is 6.53. The molecule has 1 aliphatic rings. The molecule has 0 N–H and O–H groups in total. The van der Waals surface area contributed by atoms with Crippen LogP contribution >= 0.6 is 27.7 Å². The highest BCUT2D eigenvalue weighted by Gasteiger charge is 2.35. The second-order valence-corrected chi connectivity index (χ2v) is 7.13. The van der Waals surface area contributed by atoms with Crippen LogP contribution in [-0.2, 0) is 0 Å². The van der Waals surface area contributed by atoms with Gasteiger partial charge in [-0.15, -0.1) is 11.8 Å². The largest absolute Gasteiger partial charge is 0.338 e. The molecule has 1 aliphatic heterocycles. The van der Waals surface area contributed by atoms with Gasteiger partial charge < -0.3 is 4.90 Å². The maximum atomic E-state index is 12.5. The number of aryl methyl sites for hydroxylation is 1. The molecule has 0 aromatic heterocycles. The molecule has 0 unspecified atom stereocenters. The summed E-state index contributed by atoms with van der Waals surface area (Å²) in [5.41, 5.74) is 1.82. The predicted molar refractivity (Wildman–Crippen MR) is 85.9 cm³/mol. The van der Waals surface area contributed by atoms with Crippen LogP contribution in [0.3, 0.4) is 0 Å². The van der Waals surface area contributed by atoms with E-state index in [4.69, 9.17) is 0 Å². The number of nitriles is 1. The number of hydrogen-bond donors (Lipinski definition) is 0. The lowest BCUT2D eigenvalue weighted by Crippen LogP contribution is -2.44. The van der Waals surface area contributed by atoms with Gasteiger partial charge in [0.1, 0.15) is 4.75 Å². The van der Waals surface area contributed by atoms with Crippen LogP contribution in [0.4, 0.5) is 0 Å². The number of carbonyl (C=O) groups is 1. The maximum Gasteiger partial charge on any atom is 0.255 e. The first-order chi connectivity index (χ1) is 9.51. The molecule has 5 heteroatoms. The third-order valence-electron chi connectivity index (χ3n) is 3.81. The molecule has 106 valence electrons. The Morgan fingerprint density at radius 3 is 2.60 bits per heavy atom. The van der Waals surface area contributed by atoms with Crippen molar-refractivity contribution in [2.24, 2.45) is 0 Å². The number of nitrogens with zero attached hydrogens (tertiary/aromatic N) is 2. The van der Waals surface area contributed by atoms with Gasteiger partial charge in [-0.3, -0.25) is 4.79 Å². The van der Waals surface area contributed by atoms with Crippen LogP contribution in [0.5, 0.6) is 0 Å².